The molecule has 0 aliphatic carbocycles. The molecule has 0 atom stereocenters. The van der Waals surface area contributed by atoms with Crippen LogP contribution < -0.4 is 5.32 Å². The van der Waals surface area contributed by atoms with Crippen LogP contribution in [0.4, 0.5) is 0 Å². The summed E-state index contributed by atoms with van der Waals surface area (Å²) in [6.07, 6.45) is 1.48. The zero-order valence-corrected chi connectivity index (χ0v) is 7.20. The van der Waals surface area contributed by atoms with Gasteiger partial charge in [0, 0.05) is 12.0 Å². The molecule has 12 heavy (non-hydrogen) atoms. The topological polar surface area (TPSA) is 55.1 Å². The average Bonchev–Trinajstić information content (AvgIpc) is 2.51. The smallest absolute Gasteiger partial charge is 0.222 e. The highest BCUT2D eigenvalue weighted by Crippen LogP contribution is 1.95. The second kappa shape index (κ2) is 3.90. The van der Waals surface area contributed by atoms with Crippen molar-refractivity contribution >= 4 is 5.91 Å². The molecular formula is C8H12N2O2. The summed E-state index contributed by atoms with van der Waals surface area (Å²) in [5.41, 5.74) is 0.740. The number of nitrogens with zero attached hydrogens (tertiary/aromatic N) is 1. The lowest BCUT2D eigenvalue weighted by molar-refractivity contribution is -0.124. The molecule has 0 unspecified atom stereocenters. The first kappa shape index (κ1) is 8.77. The van der Waals surface area contributed by atoms with Crippen LogP contribution in [0.25, 0.3) is 0 Å². The van der Waals surface area contributed by atoms with Crippen molar-refractivity contribution in [3.05, 3.63) is 18.0 Å². The molecular weight excluding hydrogens is 156 g/mol. The number of carbonyl (C=O) groups is 1. The van der Waals surface area contributed by atoms with E-state index in [2.05, 4.69) is 15.0 Å². The van der Waals surface area contributed by atoms with Crippen molar-refractivity contribution in [2.24, 2.45) is 5.92 Å². The molecule has 66 valence electrons. The lowest BCUT2D eigenvalue weighted by Crippen LogP contribution is -2.27. The second-order valence-corrected chi connectivity index (χ2v) is 2.86. The predicted octanol–water partition coefficient (Wildman–Crippen LogP) is 0.947. The van der Waals surface area contributed by atoms with Crippen molar-refractivity contribution < 1.29 is 9.32 Å². The van der Waals surface area contributed by atoms with Gasteiger partial charge in [0.2, 0.25) is 5.91 Å². The highest BCUT2D eigenvalue weighted by atomic mass is 16.5. The molecule has 0 saturated heterocycles. The zero-order valence-electron chi connectivity index (χ0n) is 7.20. The molecule has 0 fully saturated rings. The highest BCUT2D eigenvalue weighted by Gasteiger charge is 2.06. The maximum atomic E-state index is 11.1. The number of nitrogens with one attached hydrogen (secondary N) is 1. The lowest BCUT2D eigenvalue weighted by atomic mass is 10.2. The molecule has 0 bridgehead atoms. The Morgan fingerprint density at radius 3 is 3.00 bits per heavy atom. The minimum atomic E-state index is 0.0110. The van der Waals surface area contributed by atoms with Crippen LogP contribution in [0.5, 0.6) is 0 Å². The molecule has 4 nitrogen and oxygen atoms in total. The molecule has 0 radical (unpaired) electrons. The van der Waals surface area contributed by atoms with Crippen molar-refractivity contribution in [1.82, 2.24) is 10.5 Å². The molecule has 1 N–H and O–H groups in total. The van der Waals surface area contributed by atoms with Gasteiger partial charge in [0.1, 0.15) is 12.0 Å². The maximum Gasteiger partial charge on any atom is 0.222 e. The van der Waals surface area contributed by atoms with E-state index < -0.39 is 0 Å². The van der Waals surface area contributed by atoms with Crippen LogP contribution in [0.3, 0.4) is 0 Å². The van der Waals surface area contributed by atoms with Crippen LogP contribution in [0.2, 0.25) is 0 Å². The predicted molar refractivity (Wildman–Crippen MR) is 43.2 cm³/mol. The minimum Gasteiger partial charge on any atom is -0.364 e. The Balaban J connectivity index is 2.32. The fourth-order valence-electron chi connectivity index (χ4n) is 0.711. The zero-order chi connectivity index (χ0) is 8.97. The van der Waals surface area contributed by atoms with Crippen LogP contribution >= 0.6 is 0 Å². The Labute approximate surface area is 70.9 Å². The summed E-state index contributed by atoms with van der Waals surface area (Å²) in [4.78, 5) is 11.1. The number of hydrogen-bond acceptors (Lipinski definition) is 3. The molecule has 1 heterocycles. The summed E-state index contributed by atoms with van der Waals surface area (Å²) in [7, 11) is 0. The minimum absolute atomic E-state index is 0.0110. The van der Waals surface area contributed by atoms with Gasteiger partial charge in [0.25, 0.3) is 0 Å². The standard InChI is InChI=1S/C8H12N2O2/c1-6(2)8(11)9-5-7-3-4-12-10-7/h3-4,6H,5H2,1-2H3,(H,9,11). The first-order chi connectivity index (χ1) is 5.70. The Morgan fingerprint density at radius 2 is 2.50 bits per heavy atom. The third-order valence-electron chi connectivity index (χ3n) is 1.46. The van der Waals surface area contributed by atoms with E-state index in [1.165, 1.54) is 6.26 Å². The van der Waals surface area contributed by atoms with E-state index in [-0.39, 0.29) is 11.8 Å². The van der Waals surface area contributed by atoms with Gasteiger partial charge < -0.3 is 9.84 Å². The fraction of sp³-hybridized carbons (Fsp3) is 0.500. The molecule has 1 rings (SSSR count). The molecule has 0 aromatic carbocycles. The summed E-state index contributed by atoms with van der Waals surface area (Å²) >= 11 is 0. The third-order valence-corrected chi connectivity index (χ3v) is 1.46. The second-order valence-electron chi connectivity index (χ2n) is 2.86. The van der Waals surface area contributed by atoms with E-state index in [1.54, 1.807) is 6.07 Å². The highest BCUT2D eigenvalue weighted by molar-refractivity contribution is 5.77. The van der Waals surface area contributed by atoms with Crippen LogP contribution in [0, 0.1) is 5.92 Å². The van der Waals surface area contributed by atoms with Gasteiger partial charge in [-0.2, -0.15) is 0 Å². The quantitative estimate of drug-likeness (QED) is 0.731. The van der Waals surface area contributed by atoms with E-state index >= 15 is 0 Å². The Bertz CT molecular complexity index is 242. The van der Waals surface area contributed by atoms with E-state index in [0.29, 0.717) is 6.54 Å². The van der Waals surface area contributed by atoms with Gasteiger partial charge in [0.15, 0.2) is 0 Å². The number of carbonyl (C=O) groups excluding carboxylic acids is 1. The van der Waals surface area contributed by atoms with Gasteiger partial charge in [-0.1, -0.05) is 19.0 Å². The van der Waals surface area contributed by atoms with E-state index in [9.17, 15) is 4.79 Å². The monoisotopic (exact) mass is 168 g/mol. The molecule has 1 aromatic heterocycles. The first-order valence-corrected chi connectivity index (χ1v) is 3.87. The van der Waals surface area contributed by atoms with Crippen LogP contribution in [0.15, 0.2) is 16.9 Å². The van der Waals surface area contributed by atoms with Crippen LogP contribution in [0.1, 0.15) is 19.5 Å². The van der Waals surface area contributed by atoms with Crippen molar-refractivity contribution in [1.29, 1.82) is 0 Å². The van der Waals surface area contributed by atoms with Crippen molar-refractivity contribution in [2.45, 2.75) is 20.4 Å². The summed E-state index contributed by atoms with van der Waals surface area (Å²) in [5, 5.41) is 6.38. The van der Waals surface area contributed by atoms with Gasteiger partial charge in [-0.25, -0.2) is 0 Å². The van der Waals surface area contributed by atoms with Crippen molar-refractivity contribution in [3.63, 3.8) is 0 Å². The molecule has 1 aromatic rings. The molecule has 0 aliphatic rings. The van der Waals surface area contributed by atoms with Gasteiger partial charge in [-0.15, -0.1) is 0 Å². The molecule has 0 saturated carbocycles. The summed E-state index contributed by atoms with van der Waals surface area (Å²) < 4.78 is 4.61. The summed E-state index contributed by atoms with van der Waals surface area (Å²) in [6.45, 7) is 4.13. The first-order valence-electron chi connectivity index (χ1n) is 3.87. The number of rotatable bonds is 3. The molecule has 0 spiro atoms. The molecule has 1 amide bonds. The number of hydrogen-bond donors (Lipinski definition) is 1. The fourth-order valence-corrected chi connectivity index (χ4v) is 0.711. The van der Waals surface area contributed by atoms with E-state index in [4.69, 9.17) is 0 Å². The Hall–Kier alpha value is -1.32. The average molecular weight is 168 g/mol. The van der Waals surface area contributed by atoms with Crippen molar-refractivity contribution in [3.8, 4) is 0 Å². The largest absolute Gasteiger partial charge is 0.364 e. The number of aromatic nitrogens is 1. The van der Waals surface area contributed by atoms with E-state index in [1.807, 2.05) is 13.8 Å². The van der Waals surface area contributed by atoms with Gasteiger partial charge >= 0.3 is 0 Å². The maximum absolute atomic E-state index is 11.1. The van der Waals surface area contributed by atoms with E-state index in [0.717, 1.165) is 5.69 Å². The van der Waals surface area contributed by atoms with Crippen LogP contribution in [-0.4, -0.2) is 11.1 Å². The Kier molecular flexibility index (Phi) is 2.85. The number of amides is 1. The van der Waals surface area contributed by atoms with Gasteiger partial charge in [-0.05, 0) is 0 Å². The third kappa shape index (κ3) is 2.38. The van der Waals surface area contributed by atoms with Gasteiger partial charge in [-0.3, -0.25) is 4.79 Å². The normalized spacial score (nSPS) is 10.2. The Morgan fingerprint density at radius 1 is 1.75 bits per heavy atom. The lowest BCUT2D eigenvalue weighted by Gasteiger charge is -2.04. The van der Waals surface area contributed by atoms with Crippen LogP contribution in [-0.2, 0) is 11.3 Å². The molecule has 0 aliphatic heterocycles. The van der Waals surface area contributed by atoms with Crippen molar-refractivity contribution in [2.75, 3.05) is 0 Å². The molecule has 4 heteroatoms. The summed E-state index contributed by atoms with van der Waals surface area (Å²) in [5.74, 6) is 0.0369. The SMILES string of the molecule is CC(C)C(=O)NCc1ccon1. The summed E-state index contributed by atoms with van der Waals surface area (Å²) in [6, 6.07) is 1.72. The van der Waals surface area contributed by atoms with Gasteiger partial charge in [0.05, 0.1) is 6.54 Å².